The molecule has 2 heterocycles. The molecule has 0 unspecified atom stereocenters. The first-order valence-corrected chi connectivity index (χ1v) is 8.44. The maximum atomic E-state index is 13.5. The second kappa shape index (κ2) is 6.95. The Bertz CT molecular complexity index is 1130. The molecule has 0 bridgehead atoms. The second-order valence-corrected chi connectivity index (χ2v) is 6.20. The third-order valence-electron chi connectivity index (χ3n) is 4.05. The number of hydrogen-bond donors (Lipinski definition) is 2. The fourth-order valence-corrected chi connectivity index (χ4v) is 2.78. The minimum absolute atomic E-state index is 0.306. The van der Waals surface area contributed by atoms with Crippen molar-refractivity contribution < 1.29 is 4.39 Å². The zero-order valence-corrected chi connectivity index (χ0v) is 14.9. The molecular formula is C20H17FN6. The lowest BCUT2D eigenvalue weighted by Crippen LogP contribution is -2.05. The molecule has 0 saturated carbocycles. The number of fused-ring (bicyclic) bond motifs is 1. The fraction of sp³-hybridized carbons (Fsp3) is 0.100. The summed E-state index contributed by atoms with van der Waals surface area (Å²) in [7, 11) is 0. The topological polar surface area (TPSA) is 75.6 Å². The van der Waals surface area contributed by atoms with Gasteiger partial charge in [-0.15, -0.1) is 0 Å². The highest BCUT2D eigenvalue weighted by atomic mass is 19.1. The predicted octanol–water partition coefficient (Wildman–Crippen LogP) is 4.66. The van der Waals surface area contributed by atoms with Gasteiger partial charge in [-0.05, 0) is 43.7 Å². The van der Waals surface area contributed by atoms with E-state index < -0.39 is 0 Å². The highest BCUT2D eigenvalue weighted by Gasteiger charge is 2.12. The highest BCUT2D eigenvalue weighted by Crippen LogP contribution is 2.26. The van der Waals surface area contributed by atoms with Crippen molar-refractivity contribution in [3.05, 3.63) is 71.8 Å². The number of aryl methyl sites for hydroxylation is 2. The maximum absolute atomic E-state index is 13.5. The molecule has 27 heavy (non-hydrogen) atoms. The van der Waals surface area contributed by atoms with Gasteiger partial charge in [0.15, 0.2) is 17.0 Å². The van der Waals surface area contributed by atoms with E-state index in [2.05, 4.69) is 36.6 Å². The van der Waals surface area contributed by atoms with Crippen molar-refractivity contribution in [1.29, 1.82) is 0 Å². The predicted molar refractivity (Wildman–Crippen MR) is 104 cm³/mol. The summed E-state index contributed by atoms with van der Waals surface area (Å²) in [6.45, 7) is 4.07. The molecule has 2 N–H and O–H groups in total. The Hall–Kier alpha value is -3.61. The van der Waals surface area contributed by atoms with Crippen molar-refractivity contribution in [1.82, 2.24) is 19.9 Å². The monoisotopic (exact) mass is 360 g/mol. The van der Waals surface area contributed by atoms with Crippen molar-refractivity contribution in [2.75, 3.05) is 10.6 Å². The number of nitrogens with one attached hydrogen (secondary N) is 2. The van der Waals surface area contributed by atoms with E-state index in [-0.39, 0.29) is 5.82 Å². The van der Waals surface area contributed by atoms with E-state index in [0.29, 0.717) is 28.6 Å². The summed E-state index contributed by atoms with van der Waals surface area (Å²) in [5, 5.41) is 6.33. The van der Waals surface area contributed by atoms with Crippen molar-refractivity contribution in [3.8, 4) is 0 Å². The van der Waals surface area contributed by atoms with Crippen LogP contribution in [0.1, 0.15) is 11.1 Å². The third kappa shape index (κ3) is 3.67. The number of benzene rings is 2. The van der Waals surface area contributed by atoms with E-state index >= 15 is 0 Å². The van der Waals surface area contributed by atoms with Crippen LogP contribution < -0.4 is 10.6 Å². The van der Waals surface area contributed by atoms with Crippen LogP contribution >= 0.6 is 0 Å². The van der Waals surface area contributed by atoms with Gasteiger partial charge in [0, 0.05) is 23.8 Å². The van der Waals surface area contributed by atoms with Crippen LogP contribution in [0.5, 0.6) is 0 Å². The molecule has 7 heteroatoms. The molecule has 0 amide bonds. The molecule has 4 rings (SSSR count). The average molecular weight is 360 g/mol. The van der Waals surface area contributed by atoms with Crippen molar-refractivity contribution >= 4 is 34.3 Å². The van der Waals surface area contributed by atoms with Crippen LogP contribution in [-0.2, 0) is 0 Å². The standard InChI is InChI=1S/C20H17FN6/c1-12-6-7-16(13(2)10-12)25-19-17-18(23-9-8-22-17)26-20(27-19)24-15-5-3-4-14(21)11-15/h3-11H,1-2H3,(H2,23,24,25,26,27). The Kier molecular flexibility index (Phi) is 4.33. The van der Waals surface area contributed by atoms with Crippen LogP contribution in [0.2, 0.25) is 0 Å². The minimum atomic E-state index is -0.339. The normalized spacial score (nSPS) is 10.8. The van der Waals surface area contributed by atoms with Gasteiger partial charge in [0.05, 0.1) is 0 Å². The lowest BCUT2D eigenvalue weighted by molar-refractivity contribution is 0.628. The van der Waals surface area contributed by atoms with E-state index in [1.165, 1.54) is 17.7 Å². The van der Waals surface area contributed by atoms with Crippen LogP contribution in [0.15, 0.2) is 54.9 Å². The Morgan fingerprint density at radius 1 is 0.889 bits per heavy atom. The summed E-state index contributed by atoms with van der Waals surface area (Å²) in [5.74, 6) is 0.494. The van der Waals surface area contributed by atoms with Gasteiger partial charge in [0.2, 0.25) is 5.95 Å². The third-order valence-corrected chi connectivity index (χ3v) is 4.05. The summed E-state index contributed by atoms with van der Waals surface area (Å²) in [4.78, 5) is 17.5. The maximum Gasteiger partial charge on any atom is 0.231 e. The van der Waals surface area contributed by atoms with Crippen LogP contribution in [0.25, 0.3) is 11.2 Å². The Labute approximate surface area is 155 Å². The van der Waals surface area contributed by atoms with E-state index in [9.17, 15) is 4.39 Å². The van der Waals surface area contributed by atoms with Gasteiger partial charge in [-0.25, -0.2) is 14.4 Å². The van der Waals surface area contributed by atoms with Crippen LogP contribution in [0.3, 0.4) is 0 Å². The minimum Gasteiger partial charge on any atom is -0.338 e. The average Bonchev–Trinajstić information content (AvgIpc) is 2.64. The van der Waals surface area contributed by atoms with E-state index in [1.807, 2.05) is 26.0 Å². The van der Waals surface area contributed by atoms with Gasteiger partial charge >= 0.3 is 0 Å². The van der Waals surface area contributed by atoms with Gasteiger partial charge in [-0.2, -0.15) is 9.97 Å². The molecule has 134 valence electrons. The second-order valence-electron chi connectivity index (χ2n) is 6.20. The number of hydrogen-bond acceptors (Lipinski definition) is 6. The zero-order chi connectivity index (χ0) is 18.8. The lowest BCUT2D eigenvalue weighted by Gasteiger charge is -2.13. The Morgan fingerprint density at radius 3 is 2.56 bits per heavy atom. The zero-order valence-electron chi connectivity index (χ0n) is 14.9. The summed E-state index contributed by atoms with van der Waals surface area (Å²) in [5.41, 5.74) is 4.74. The van der Waals surface area contributed by atoms with E-state index in [0.717, 1.165) is 11.3 Å². The molecule has 0 fully saturated rings. The van der Waals surface area contributed by atoms with E-state index in [4.69, 9.17) is 0 Å². The molecule has 0 aliphatic carbocycles. The molecular weight excluding hydrogens is 343 g/mol. The number of aromatic nitrogens is 4. The van der Waals surface area contributed by atoms with Crippen molar-refractivity contribution in [3.63, 3.8) is 0 Å². The largest absolute Gasteiger partial charge is 0.338 e. The number of anilines is 4. The number of halogens is 1. The summed E-state index contributed by atoms with van der Waals surface area (Å²) < 4.78 is 13.5. The summed E-state index contributed by atoms with van der Waals surface area (Å²) in [6.07, 6.45) is 3.17. The molecule has 4 aromatic rings. The molecule has 0 atom stereocenters. The van der Waals surface area contributed by atoms with Crippen molar-refractivity contribution in [2.45, 2.75) is 13.8 Å². The first-order valence-electron chi connectivity index (χ1n) is 8.44. The number of rotatable bonds is 4. The van der Waals surface area contributed by atoms with Gasteiger partial charge in [-0.1, -0.05) is 23.8 Å². The lowest BCUT2D eigenvalue weighted by atomic mass is 10.1. The van der Waals surface area contributed by atoms with Gasteiger partial charge < -0.3 is 10.6 Å². The molecule has 2 aromatic heterocycles. The molecule has 0 aliphatic rings. The van der Waals surface area contributed by atoms with Crippen LogP contribution in [0, 0.1) is 19.7 Å². The SMILES string of the molecule is Cc1ccc(Nc2nc(Nc3cccc(F)c3)nc3nccnc23)c(C)c1. The van der Waals surface area contributed by atoms with Crippen LogP contribution in [-0.4, -0.2) is 19.9 Å². The number of nitrogens with zero attached hydrogens (tertiary/aromatic N) is 4. The highest BCUT2D eigenvalue weighted by molar-refractivity contribution is 5.86. The van der Waals surface area contributed by atoms with Gasteiger partial charge in [-0.3, -0.25) is 0 Å². The van der Waals surface area contributed by atoms with Gasteiger partial charge in [0.25, 0.3) is 0 Å². The quantitative estimate of drug-likeness (QED) is 0.551. The Morgan fingerprint density at radius 2 is 1.74 bits per heavy atom. The molecule has 0 radical (unpaired) electrons. The molecule has 2 aromatic carbocycles. The fourth-order valence-electron chi connectivity index (χ4n) is 2.78. The molecule has 0 saturated heterocycles. The first kappa shape index (κ1) is 16.8. The van der Waals surface area contributed by atoms with Crippen molar-refractivity contribution in [2.24, 2.45) is 0 Å². The molecule has 0 spiro atoms. The van der Waals surface area contributed by atoms with Gasteiger partial charge in [0.1, 0.15) is 5.82 Å². The summed E-state index contributed by atoms with van der Waals surface area (Å²) >= 11 is 0. The molecule has 6 nitrogen and oxygen atoms in total. The Balaban J connectivity index is 1.76. The first-order chi connectivity index (χ1) is 13.1. The van der Waals surface area contributed by atoms with Crippen LogP contribution in [0.4, 0.5) is 27.5 Å². The molecule has 0 aliphatic heterocycles. The van der Waals surface area contributed by atoms with E-state index in [1.54, 1.807) is 24.5 Å². The smallest absolute Gasteiger partial charge is 0.231 e. The summed E-state index contributed by atoms with van der Waals surface area (Å²) in [6, 6.07) is 12.2.